The largest absolute Gasteiger partial charge is 0.382 e. The van der Waals surface area contributed by atoms with Gasteiger partial charge in [0, 0.05) is 64.6 Å². The molecule has 0 rings (SSSR count). The fraction of sp³-hybridized carbons (Fsp3) is 0.711. The molecule has 0 saturated heterocycles. The van der Waals surface area contributed by atoms with Crippen LogP contribution < -0.4 is 106 Å². The van der Waals surface area contributed by atoms with E-state index >= 15 is 0 Å². The van der Waals surface area contributed by atoms with Gasteiger partial charge >= 0.3 is 0 Å². The Bertz CT molecular complexity index is 2070. The number of amides is 7. The molecule has 0 spiro atoms. The van der Waals surface area contributed by atoms with Crippen molar-refractivity contribution >= 4 is 89.7 Å². The van der Waals surface area contributed by atoms with Crippen LogP contribution in [0.2, 0.25) is 0 Å². The van der Waals surface area contributed by atoms with Crippen molar-refractivity contribution in [2.24, 2.45) is 98.8 Å². The van der Waals surface area contributed by atoms with E-state index in [9.17, 15) is 33.6 Å². The van der Waals surface area contributed by atoms with Crippen LogP contribution >= 0.6 is 12.6 Å². The van der Waals surface area contributed by atoms with E-state index in [-0.39, 0.29) is 164 Å². The summed E-state index contributed by atoms with van der Waals surface area (Å²) < 4.78 is 10.3. The quantitative estimate of drug-likeness (QED) is 0.0117. The zero-order chi connectivity index (χ0) is 60.4. The molecule has 0 radical (unpaired) electrons. The van der Waals surface area contributed by atoms with Gasteiger partial charge in [0.2, 0.25) is 41.4 Å². The lowest BCUT2D eigenvalue weighted by Gasteiger charge is -2.28. The second-order valence-corrected chi connectivity index (χ2v) is 18.4. The van der Waals surface area contributed by atoms with Crippen LogP contribution in [0.3, 0.4) is 0 Å². The van der Waals surface area contributed by atoms with Gasteiger partial charge in [-0.25, -0.2) is 0 Å². The number of carbonyl (C=O) groups excluding carboxylic acids is 7. The molecule has 0 aliphatic heterocycles. The normalized spacial score (nSPS) is 13.3. The van der Waals surface area contributed by atoms with E-state index in [1.165, 1.54) is 7.11 Å². The summed E-state index contributed by atoms with van der Waals surface area (Å²) in [6.45, 7) is 2.97. The summed E-state index contributed by atoms with van der Waals surface area (Å²) in [6, 6.07) is -8.24. The van der Waals surface area contributed by atoms with Crippen LogP contribution in [-0.2, 0) is 43.0 Å². The summed E-state index contributed by atoms with van der Waals surface area (Å²) in [5, 5.41) is 18.9. The summed E-state index contributed by atoms with van der Waals surface area (Å²) in [4.78, 5) is 121. The number of guanidine groups is 6. The van der Waals surface area contributed by atoms with Crippen molar-refractivity contribution in [3.05, 3.63) is 0 Å². The van der Waals surface area contributed by atoms with Crippen LogP contribution in [0, 0.1) is 0 Å². The fourth-order valence-corrected chi connectivity index (χ4v) is 7.37. The van der Waals surface area contributed by atoms with Crippen LogP contribution in [0.25, 0.3) is 0 Å². The Morgan fingerprint density at radius 1 is 0.375 bits per heavy atom. The molecule has 0 fully saturated rings. The van der Waals surface area contributed by atoms with E-state index in [1.807, 2.05) is 0 Å². The maximum Gasteiger partial charge on any atom is 0.244 e. The van der Waals surface area contributed by atoms with Crippen LogP contribution in [0.5, 0.6) is 0 Å². The number of hydrogen-bond donors (Lipinski definition) is 20. The van der Waals surface area contributed by atoms with Crippen molar-refractivity contribution < 1.29 is 43.0 Å². The number of methoxy groups -OCH3 is 1. The monoisotopic (exact) mass is 1160 g/mol. The first-order chi connectivity index (χ1) is 37.9. The van der Waals surface area contributed by atoms with Gasteiger partial charge in [-0.05, 0) is 84.0 Å². The predicted molar refractivity (Wildman–Crippen MR) is 310 cm³/mol. The number of rotatable bonds is 44. The number of aliphatic imine (C=N–C) groups is 6. The van der Waals surface area contributed by atoms with Crippen molar-refractivity contribution in [1.29, 1.82) is 0 Å². The first-order valence-corrected chi connectivity index (χ1v) is 26.6. The number of hydrogen-bond acceptors (Lipinski definition) is 16. The summed E-state index contributed by atoms with van der Waals surface area (Å²) in [5.74, 6) is -6.50. The van der Waals surface area contributed by atoms with Gasteiger partial charge in [-0.3, -0.25) is 63.5 Å². The van der Waals surface area contributed by atoms with Crippen molar-refractivity contribution in [3.8, 4) is 0 Å². The van der Waals surface area contributed by atoms with E-state index in [0.29, 0.717) is 26.0 Å². The van der Waals surface area contributed by atoms with Gasteiger partial charge in [-0.2, -0.15) is 12.6 Å². The molecule has 35 heteroatoms. The molecule has 34 nitrogen and oxygen atoms in total. The number of nitrogens with one attached hydrogen (secondary N) is 7. The van der Waals surface area contributed by atoms with Gasteiger partial charge in [-0.1, -0.05) is 0 Å². The Hall–Kier alpha value is -7.82. The average molecular weight is 1160 g/mol. The molecule has 31 N–H and O–H groups in total. The predicted octanol–water partition coefficient (Wildman–Crippen LogP) is -8.30. The fourth-order valence-electron chi connectivity index (χ4n) is 7.11. The summed E-state index contributed by atoms with van der Waals surface area (Å²) in [6.07, 6.45) is 1.49. The highest BCUT2D eigenvalue weighted by atomic mass is 32.1. The number of thiol groups is 1. The summed E-state index contributed by atoms with van der Waals surface area (Å²) in [5.41, 5.74) is 66.2. The lowest BCUT2D eigenvalue weighted by atomic mass is 10.0. The highest BCUT2D eigenvalue weighted by Crippen LogP contribution is 2.10. The highest BCUT2D eigenvalue weighted by molar-refractivity contribution is 7.80. The van der Waals surface area contributed by atoms with E-state index < -0.39 is 77.6 Å². The van der Waals surface area contributed by atoms with E-state index in [0.717, 1.165) is 0 Å². The van der Waals surface area contributed by atoms with Crippen molar-refractivity contribution in [2.45, 2.75) is 133 Å². The minimum Gasteiger partial charge on any atom is -0.382 e. The standard InChI is InChI=1S/C45H91N25O9S/c1-26(9-3-16-58-40(46)47)64-34(72)27(10-4-17-59-41(48)49)66-35(73)28(11-5-18-60-42(50)51)67-36(74)29(12-6-19-61-43(52)53)68-37(75)30(13-7-20-62-44(54)55)69-38(76)31(14-8-21-63-45(56)57)70-39(77)32(25-80)65-33(71)15-22-79-24-23-78-2/h26-32,80H,3-25H2,1-2H3,(H,64,72)(H,65,71)(H,66,73)(H,67,74)(H,68,75)(H,69,76)(H,70,77)(H4,46,47,58)(H4,48,49,59)(H4,50,51,60)(H4,52,53,61)(H4,54,55,62)(H4,56,57,63)/t26-,27+,28+,29+,30+,31+,32+/m0/s1. The maximum absolute atomic E-state index is 14.5. The van der Waals surface area contributed by atoms with Gasteiger partial charge in [0.1, 0.15) is 36.3 Å². The molecule has 0 aromatic rings. The van der Waals surface area contributed by atoms with E-state index in [4.69, 9.17) is 78.3 Å². The number of nitrogens with zero attached hydrogens (tertiary/aromatic N) is 6. The second-order valence-electron chi connectivity index (χ2n) is 18.1. The first kappa shape index (κ1) is 72.2. The van der Waals surface area contributed by atoms with Crippen molar-refractivity contribution in [1.82, 2.24) is 37.2 Å². The molecule has 0 saturated carbocycles. The Balaban J connectivity index is 7.10. The molecule has 0 aliphatic rings. The SMILES string of the molecule is COCCOCCC(=O)N[C@H](CS)C(=O)N[C@H](CCCN=C(N)N)C(=O)N[C@H](CCCN=C(N)N)C(=O)N[C@H](CCCN=C(N)N)C(=O)N[C@H](CCCN=C(N)N)C(=O)N[C@H](CCCN=C(N)N)C(=O)N[C@@H](C)CCCN=C(N)N. The third kappa shape index (κ3) is 37.1. The molecule has 7 amide bonds. The molecule has 0 aromatic heterocycles. The Morgan fingerprint density at radius 3 is 0.900 bits per heavy atom. The van der Waals surface area contributed by atoms with Crippen LogP contribution in [0.15, 0.2) is 30.0 Å². The van der Waals surface area contributed by atoms with Crippen molar-refractivity contribution in [3.63, 3.8) is 0 Å². The number of ether oxygens (including phenoxy) is 2. The van der Waals surface area contributed by atoms with E-state index in [1.54, 1.807) is 6.92 Å². The average Bonchev–Trinajstić information content (AvgIpc) is 3.38. The number of nitrogens with two attached hydrogens (primary N) is 12. The smallest absolute Gasteiger partial charge is 0.244 e. The Morgan fingerprint density at radius 2 is 0.637 bits per heavy atom. The number of carbonyl (C=O) groups is 7. The Kier molecular flexibility index (Phi) is 38.9. The zero-order valence-electron chi connectivity index (χ0n) is 46.0. The van der Waals surface area contributed by atoms with Gasteiger partial charge in [0.25, 0.3) is 0 Å². The van der Waals surface area contributed by atoms with E-state index in [2.05, 4.69) is 79.8 Å². The molecule has 456 valence electrons. The molecular weight excluding hydrogens is 1070 g/mol. The minimum absolute atomic E-state index is 0.0174. The van der Waals surface area contributed by atoms with Gasteiger partial charge in [0.05, 0.1) is 19.8 Å². The lowest BCUT2D eigenvalue weighted by Crippen LogP contribution is -2.60. The Labute approximate surface area is 472 Å². The molecular formula is C45H91N25O9S. The van der Waals surface area contributed by atoms with Crippen LogP contribution in [0.1, 0.15) is 90.4 Å². The molecule has 0 aromatic carbocycles. The highest BCUT2D eigenvalue weighted by Gasteiger charge is 2.33. The van der Waals surface area contributed by atoms with Crippen molar-refractivity contribution in [2.75, 3.05) is 72.0 Å². The van der Waals surface area contributed by atoms with Gasteiger partial charge < -0.3 is 115 Å². The summed E-state index contributed by atoms with van der Waals surface area (Å²) in [7, 11) is 1.50. The molecule has 0 unspecified atom stereocenters. The minimum atomic E-state index is -1.42. The third-order valence-electron chi connectivity index (χ3n) is 11.1. The molecule has 0 heterocycles. The molecule has 7 atom stereocenters. The molecule has 0 bridgehead atoms. The van der Waals surface area contributed by atoms with Gasteiger partial charge in [0.15, 0.2) is 35.8 Å². The topological polar surface area (TPSA) is 609 Å². The second kappa shape index (κ2) is 43.1. The summed E-state index contributed by atoms with van der Waals surface area (Å²) >= 11 is 4.24. The molecule has 80 heavy (non-hydrogen) atoms. The molecule has 0 aliphatic carbocycles. The third-order valence-corrected chi connectivity index (χ3v) is 11.5. The van der Waals surface area contributed by atoms with Crippen LogP contribution in [-0.4, -0.2) is 191 Å². The lowest BCUT2D eigenvalue weighted by molar-refractivity contribution is -0.135. The zero-order valence-corrected chi connectivity index (χ0v) is 46.9. The van der Waals surface area contributed by atoms with Gasteiger partial charge in [-0.15, -0.1) is 0 Å². The first-order valence-electron chi connectivity index (χ1n) is 26.0. The maximum atomic E-state index is 14.5. The van der Waals surface area contributed by atoms with Crippen LogP contribution in [0.4, 0.5) is 0 Å².